The molecular weight excluding hydrogens is 560 g/mol. The molecular formula is C20H23ClF2N4O8P2. The molecule has 4 rings (SSSR count). The number of anilines is 1. The SMILES string of the molecule is CC(Nc1nc(Cl)nc2c1ccn2[C@@H]1O[C@H](COP(=O)(O)CP(=O)(O)O)[C@@H](O)[C@@H]1F)c1ccc(F)cc1. The van der Waals surface area contributed by atoms with Crippen molar-refractivity contribution in [2.45, 2.75) is 37.6 Å². The third-order valence-corrected chi connectivity index (χ3v) is 9.26. The minimum Gasteiger partial charge on any atom is -0.387 e. The van der Waals surface area contributed by atoms with Gasteiger partial charge in [-0.15, -0.1) is 0 Å². The van der Waals surface area contributed by atoms with Crippen molar-refractivity contribution in [1.29, 1.82) is 0 Å². The van der Waals surface area contributed by atoms with Crippen LogP contribution >= 0.6 is 26.8 Å². The minimum atomic E-state index is -4.87. The van der Waals surface area contributed by atoms with E-state index < -0.39 is 52.3 Å². The van der Waals surface area contributed by atoms with Crippen molar-refractivity contribution in [3.8, 4) is 0 Å². The Morgan fingerprint density at radius 1 is 1.22 bits per heavy atom. The standard InChI is InChI=1S/C20H23ClF2N4O8P2/c1-10(11-2-4-12(22)5-3-11)24-17-13-6-7-27(18(13)26-20(21)25-17)19-15(23)16(28)14(35-19)8-34-37(32,33)9-36(29,30)31/h2-7,10,14-16,19,28H,8-9H2,1H3,(H,32,33)(H,24,25,26)(H2,29,30,31)/t10?,14-,15+,16-,19-/m1/s1. The number of halogens is 3. The number of hydrogen-bond donors (Lipinski definition) is 5. The number of ether oxygens (including phenoxy) is 1. The van der Waals surface area contributed by atoms with Crippen LogP contribution in [0.3, 0.4) is 0 Å². The molecule has 37 heavy (non-hydrogen) atoms. The van der Waals surface area contributed by atoms with Crippen LogP contribution in [0.25, 0.3) is 11.0 Å². The zero-order chi connectivity index (χ0) is 27.1. The Balaban J connectivity index is 1.55. The summed E-state index contributed by atoms with van der Waals surface area (Å²) < 4.78 is 62.7. The van der Waals surface area contributed by atoms with E-state index in [1.54, 1.807) is 18.2 Å². The lowest BCUT2D eigenvalue weighted by Crippen LogP contribution is -2.31. The fourth-order valence-corrected chi connectivity index (χ4v) is 6.62. The molecule has 0 amide bonds. The second-order valence-electron chi connectivity index (χ2n) is 8.46. The number of benzene rings is 1. The summed E-state index contributed by atoms with van der Waals surface area (Å²) >= 11 is 6.10. The van der Waals surface area contributed by atoms with E-state index in [-0.39, 0.29) is 22.8 Å². The number of aliphatic hydroxyl groups excluding tert-OH is 1. The molecule has 6 atom stereocenters. The maximum atomic E-state index is 15.0. The third kappa shape index (κ3) is 6.54. The van der Waals surface area contributed by atoms with Crippen LogP contribution in [0.5, 0.6) is 0 Å². The van der Waals surface area contributed by atoms with Crippen molar-refractivity contribution in [1.82, 2.24) is 14.5 Å². The van der Waals surface area contributed by atoms with Gasteiger partial charge in [-0.2, -0.15) is 4.98 Å². The zero-order valence-corrected chi connectivity index (χ0v) is 21.6. The summed E-state index contributed by atoms with van der Waals surface area (Å²) in [5.74, 6) is -1.51. The van der Waals surface area contributed by atoms with Crippen molar-refractivity contribution in [2.24, 2.45) is 0 Å². The topological polar surface area (TPSA) is 176 Å². The number of aliphatic hydroxyl groups is 1. The molecule has 0 aliphatic carbocycles. The van der Waals surface area contributed by atoms with Gasteiger partial charge in [0.1, 0.15) is 29.5 Å². The smallest absolute Gasteiger partial charge is 0.340 e. The lowest BCUT2D eigenvalue weighted by atomic mass is 10.1. The number of nitrogens with one attached hydrogen (secondary N) is 1. The zero-order valence-electron chi connectivity index (χ0n) is 19.1. The van der Waals surface area contributed by atoms with Crippen LogP contribution in [0.15, 0.2) is 36.5 Å². The van der Waals surface area contributed by atoms with E-state index in [4.69, 9.17) is 26.1 Å². The molecule has 5 N–H and O–H groups in total. The predicted octanol–water partition coefficient (Wildman–Crippen LogP) is 3.33. The van der Waals surface area contributed by atoms with Crippen LogP contribution in [0.1, 0.15) is 24.8 Å². The van der Waals surface area contributed by atoms with Crippen LogP contribution in [0.4, 0.5) is 14.6 Å². The summed E-state index contributed by atoms with van der Waals surface area (Å²) in [6, 6.07) is 7.09. The van der Waals surface area contributed by atoms with Gasteiger partial charge < -0.3 is 38.9 Å². The fourth-order valence-electron chi connectivity index (χ4n) is 3.89. The summed E-state index contributed by atoms with van der Waals surface area (Å²) in [7, 11) is -9.60. The van der Waals surface area contributed by atoms with Gasteiger partial charge in [0.2, 0.25) is 5.28 Å². The monoisotopic (exact) mass is 582 g/mol. The van der Waals surface area contributed by atoms with E-state index in [9.17, 15) is 23.5 Å². The molecule has 202 valence electrons. The summed E-state index contributed by atoms with van der Waals surface area (Å²) in [4.78, 5) is 35.7. The lowest BCUT2D eigenvalue weighted by Gasteiger charge is -2.19. The molecule has 3 aromatic rings. The Hall–Kier alpha value is -1.99. The number of aromatic nitrogens is 3. The molecule has 0 bridgehead atoms. The number of hydrogen-bond acceptors (Lipinski definition) is 8. The molecule has 1 aromatic carbocycles. The maximum Gasteiger partial charge on any atom is 0.340 e. The van der Waals surface area contributed by atoms with Gasteiger partial charge >= 0.3 is 15.2 Å². The molecule has 1 aliphatic heterocycles. The first-order chi connectivity index (χ1) is 17.2. The quantitative estimate of drug-likeness (QED) is 0.185. The van der Waals surface area contributed by atoms with Crippen LogP contribution in [-0.2, 0) is 18.4 Å². The lowest BCUT2D eigenvalue weighted by molar-refractivity contribution is -0.0423. The Morgan fingerprint density at radius 2 is 1.89 bits per heavy atom. The highest BCUT2D eigenvalue weighted by Crippen LogP contribution is 2.55. The first kappa shape index (κ1) is 28.0. The first-order valence-electron chi connectivity index (χ1n) is 10.8. The van der Waals surface area contributed by atoms with Crippen LogP contribution in [0.2, 0.25) is 5.28 Å². The van der Waals surface area contributed by atoms with Gasteiger partial charge in [0.25, 0.3) is 0 Å². The second-order valence-corrected chi connectivity index (χ2v) is 12.8. The molecule has 1 aliphatic rings. The average molecular weight is 583 g/mol. The number of rotatable bonds is 9. The second kappa shape index (κ2) is 10.6. The highest BCUT2D eigenvalue weighted by molar-refractivity contribution is 7.70. The Labute approximate surface area is 213 Å². The molecule has 0 saturated carbocycles. The first-order valence-corrected chi connectivity index (χ1v) is 14.7. The van der Waals surface area contributed by atoms with E-state index in [0.29, 0.717) is 11.2 Å². The molecule has 17 heteroatoms. The number of fused-ring (bicyclic) bond motifs is 1. The normalized spacial score (nSPS) is 24.8. The van der Waals surface area contributed by atoms with Gasteiger partial charge in [-0.3, -0.25) is 9.13 Å². The van der Waals surface area contributed by atoms with Crippen molar-refractivity contribution in [3.63, 3.8) is 0 Å². The van der Waals surface area contributed by atoms with Gasteiger partial charge in [0, 0.05) is 12.2 Å². The number of nitrogens with zero attached hydrogens (tertiary/aromatic N) is 3. The number of alkyl halides is 1. The Bertz CT molecular complexity index is 1370. The maximum absolute atomic E-state index is 15.0. The Morgan fingerprint density at radius 3 is 2.54 bits per heavy atom. The van der Waals surface area contributed by atoms with Crippen LogP contribution < -0.4 is 5.32 Å². The van der Waals surface area contributed by atoms with E-state index in [1.807, 2.05) is 6.92 Å². The molecule has 12 nitrogen and oxygen atoms in total. The molecule has 1 fully saturated rings. The van der Waals surface area contributed by atoms with Crippen molar-refractivity contribution >= 4 is 43.6 Å². The van der Waals surface area contributed by atoms with E-state index in [1.165, 1.54) is 22.9 Å². The largest absolute Gasteiger partial charge is 0.387 e. The van der Waals surface area contributed by atoms with E-state index in [0.717, 1.165) is 5.56 Å². The van der Waals surface area contributed by atoms with Gasteiger partial charge in [-0.25, -0.2) is 13.8 Å². The molecule has 2 aromatic heterocycles. The Kier molecular flexibility index (Phi) is 8.06. The van der Waals surface area contributed by atoms with Gasteiger partial charge in [-0.1, -0.05) is 12.1 Å². The van der Waals surface area contributed by atoms with Crippen LogP contribution in [-0.4, -0.2) is 65.2 Å². The van der Waals surface area contributed by atoms with Crippen molar-refractivity contribution < 1.29 is 47.0 Å². The average Bonchev–Trinajstić information content (AvgIpc) is 3.32. The molecule has 1 saturated heterocycles. The van der Waals surface area contributed by atoms with Crippen molar-refractivity contribution in [2.75, 3.05) is 17.8 Å². The summed E-state index contributed by atoms with van der Waals surface area (Å²) in [6.45, 7) is 1.01. The fraction of sp³-hybridized carbons (Fsp3) is 0.400. The summed E-state index contributed by atoms with van der Waals surface area (Å²) in [5.41, 5.74) is 0.919. The van der Waals surface area contributed by atoms with Gasteiger partial charge in [0.15, 0.2) is 18.3 Å². The van der Waals surface area contributed by atoms with E-state index in [2.05, 4.69) is 19.8 Å². The van der Waals surface area contributed by atoms with E-state index >= 15 is 4.39 Å². The third-order valence-electron chi connectivity index (χ3n) is 5.64. The summed E-state index contributed by atoms with van der Waals surface area (Å²) in [5, 5.41) is 13.7. The molecule has 0 spiro atoms. The summed E-state index contributed by atoms with van der Waals surface area (Å²) in [6.07, 6.45) is -5.24. The highest BCUT2D eigenvalue weighted by Gasteiger charge is 2.47. The van der Waals surface area contributed by atoms with Gasteiger partial charge in [0.05, 0.1) is 12.0 Å². The molecule has 3 heterocycles. The van der Waals surface area contributed by atoms with Gasteiger partial charge in [-0.05, 0) is 42.3 Å². The highest BCUT2D eigenvalue weighted by atomic mass is 35.5. The minimum absolute atomic E-state index is 0.157. The van der Waals surface area contributed by atoms with Crippen LogP contribution in [0, 0.1) is 5.82 Å². The predicted molar refractivity (Wildman–Crippen MR) is 128 cm³/mol. The molecule has 0 radical (unpaired) electrons. The molecule has 2 unspecified atom stereocenters. The van der Waals surface area contributed by atoms with Crippen molar-refractivity contribution in [3.05, 3.63) is 53.2 Å².